The van der Waals surface area contributed by atoms with Crippen LogP contribution in [-0.4, -0.2) is 0 Å². The van der Waals surface area contributed by atoms with Gasteiger partial charge in [-0.3, -0.25) is 0 Å². The predicted octanol–water partition coefficient (Wildman–Crippen LogP) is 4.01. The van der Waals surface area contributed by atoms with E-state index in [1.54, 1.807) is 0 Å². The highest BCUT2D eigenvalue weighted by Crippen LogP contribution is 2.12. The summed E-state index contributed by atoms with van der Waals surface area (Å²) in [4.78, 5) is 0. The van der Waals surface area contributed by atoms with Crippen LogP contribution in [0.4, 0.5) is 0 Å². The molecule has 0 N–H and O–H groups in total. The van der Waals surface area contributed by atoms with E-state index in [0.717, 1.165) is 12.8 Å². The third-order valence-corrected chi connectivity index (χ3v) is 2.11. The van der Waals surface area contributed by atoms with Crippen LogP contribution in [0.1, 0.15) is 39.0 Å². The molecule has 1 rings (SSSR count). The van der Waals surface area contributed by atoms with Crippen molar-refractivity contribution in [2.45, 2.75) is 39.0 Å². The SMILES string of the molecule is CCCCC1=CCC=CCC=C1. The Morgan fingerprint density at radius 3 is 2.83 bits per heavy atom. The molecule has 0 radical (unpaired) electrons. The van der Waals surface area contributed by atoms with E-state index in [9.17, 15) is 0 Å². The van der Waals surface area contributed by atoms with Crippen LogP contribution < -0.4 is 0 Å². The van der Waals surface area contributed by atoms with E-state index in [-0.39, 0.29) is 0 Å². The zero-order chi connectivity index (χ0) is 8.65. The summed E-state index contributed by atoms with van der Waals surface area (Å²) in [7, 11) is 0. The maximum Gasteiger partial charge on any atom is -0.0163 e. The van der Waals surface area contributed by atoms with E-state index in [4.69, 9.17) is 0 Å². The van der Waals surface area contributed by atoms with Gasteiger partial charge in [0.15, 0.2) is 0 Å². The highest BCUT2D eigenvalue weighted by molar-refractivity contribution is 5.21. The zero-order valence-electron chi connectivity index (χ0n) is 7.92. The Hall–Kier alpha value is -0.780. The minimum atomic E-state index is 1.10. The van der Waals surface area contributed by atoms with Crippen LogP contribution in [0.5, 0.6) is 0 Å². The number of rotatable bonds is 3. The Bertz CT molecular complexity index is 194. The minimum absolute atomic E-state index is 1.10. The molecule has 0 saturated heterocycles. The lowest BCUT2D eigenvalue weighted by Gasteiger charge is -2.01. The smallest absolute Gasteiger partial charge is 0.0163 e. The van der Waals surface area contributed by atoms with Crippen molar-refractivity contribution in [3.63, 3.8) is 0 Å². The molecule has 0 spiro atoms. The molecule has 12 heavy (non-hydrogen) atoms. The van der Waals surface area contributed by atoms with Gasteiger partial charge in [-0.1, -0.05) is 49.3 Å². The maximum atomic E-state index is 2.34. The summed E-state index contributed by atoms with van der Waals surface area (Å²) in [6.07, 6.45) is 17.4. The summed E-state index contributed by atoms with van der Waals surface area (Å²) in [5.74, 6) is 0. The summed E-state index contributed by atoms with van der Waals surface area (Å²) in [6.45, 7) is 2.24. The van der Waals surface area contributed by atoms with Gasteiger partial charge in [0.2, 0.25) is 0 Å². The van der Waals surface area contributed by atoms with Crippen LogP contribution in [0.2, 0.25) is 0 Å². The van der Waals surface area contributed by atoms with Crippen molar-refractivity contribution in [2.24, 2.45) is 0 Å². The largest absolute Gasteiger partial charge is 0.0844 e. The van der Waals surface area contributed by atoms with Gasteiger partial charge in [-0.25, -0.2) is 0 Å². The van der Waals surface area contributed by atoms with Crippen LogP contribution in [0, 0.1) is 0 Å². The first-order valence-electron chi connectivity index (χ1n) is 4.94. The topological polar surface area (TPSA) is 0 Å². The second-order valence-corrected chi connectivity index (χ2v) is 3.23. The molecule has 0 aromatic rings. The molecule has 1 aliphatic rings. The molecule has 0 nitrogen and oxygen atoms in total. The molecule has 0 heterocycles. The highest BCUT2D eigenvalue weighted by Gasteiger charge is 1.92. The average Bonchev–Trinajstić information content (AvgIpc) is 2.02. The Kier molecular flexibility index (Phi) is 4.51. The van der Waals surface area contributed by atoms with Crippen molar-refractivity contribution < 1.29 is 0 Å². The summed E-state index contributed by atoms with van der Waals surface area (Å²) in [5, 5.41) is 0. The van der Waals surface area contributed by atoms with Gasteiger partial charge in [0.05, 0.1) is 0 Å². The third kappa shape index (κ3) is 3.56. The van der Waals surface area contributed by atoms with E-state index in [1.165, 1.54) is 24.8 Å². The Morgan fingerprint density at radius 1 is 1.17 bits per heavy atom. The molecule has 0 heteroatoms. The van der Waals surface area contributed by atoms with Gasteiger partial charge >= 0.3 is 0 Å². The molecule has 0 atom stereocenters. The monoisotopic (exact) mass is 162 g/mol. The predicted molar refractivity (Wildman–Crippen MR) is 55.1 cm³/mol. The van der Waals surface area contributed by atoms with Gasteiger partial charge < -0.3 is 0 Å². The average molecular weight is 162 g/mol. The van der Waals surface area contributed by atoms with Crippen LogP contribution >= 0.6 is 0 Å². The lowest BCUT2D eigenvalue weighted by Crippen LogP contribution is -1.81. The van der Waals surface area contributed by atoms with Crippen LogP contribution in [0.25, 0.3) is 0 Å². The van der Waals surface area contributed by atoms with Gasteiger partial charge in [0.25, 0.3) is 0 Å². The number of hydrogen-bond acceptors (Lipinski definition) is 0. The standard InChI is InChI=1S/C12H18/c1-2-3-9-12-10-7-5-4-6-8-11-12/h4-5,8,10-11H,2-3,6-7,9H2,1H3. The second-order valence-electron chi connectivity index (χ2n) is 3.23. The second kappa shape index (κ2) is 5.82. The maximum absolute atomic E-state index is 2.34. The van der Waals surface area contributed by atoms with Crippen molar-refractivity contribution in [3.8, 4) is 0 Å². The van der Waals surface area contributed by atoms with E-state index in [2.05, 4.69) is 37.3 Å². The molecular weight excluding hydrogens is 144 g/mol. The summed E-state index contributed by atoms with van der Waals surface area (Å²) < 4.78 is 0. The van der Waals surface area contributed by atoms with E-state index < -0.39 is 0 Å². The summed E-state index contributed by atoms with van der Waals surface area (Å²) in [5.41, 5.74) is 1.52. The first-order chi connectivity index (χ1) is 5.93. The van der Waals surface area contributed by atoms with Gasteiger partial charge in [-0.2, -0.15) is 0 Å². The van der Waals surface area contributed by atoms with Gasteiger partial charge in [0, 0.05) is 0 Å². The lowest BCUT2D eigenvalue weighted by atomic mass is 10.1. The number of hydrogen-bond donors (Lipinski definition) is 0. The van der Waals surface area contributed by atoms with Crippen molar-refractivity contribution in [2.75, 3.05) is 0 Å². The van der Waals surface area contributed by atoms with E-state index in [0.29, 0.717) is 0 Å². The highest BCUT2D eigenvalue weighted by atomic mass is 14.0. The zero-order valence-corrected chi connectivity index (χ0v) is 7.92. The molecule has 0 fully saturated rings. The minimum Gasteiger partial charge on any atom is -0.0844 e. The number of unbranched alkanes of at least 4 members (excludes halogenated alkanes) is 1. The molecular formula is C12H18. The van der Waals surface area contributed by atoms with Crippen LogP contribution in [0.15, 0.2) is 36.0 Å². The molecule has 1 aliphatic carbocycles. The molecule has 66 valence electrons. The number of allylic oxidation sites excluding steroid dienone is 6. The fraction of sp³-hybridized carbons (Fsp3) is 0.500. The fourth-order valence-corrected chi connectivity index (χ4v) is 1.34. The summed E-state index contributed by atoms with van der Waals surface area (Å²) in [6, 6.07) is 0. The van der Waals surface area contributed by atoms with Gasteiger partial charge in [-0.05, 0) is 25.7 Å². The van der Waals surface area contributed by atoms with Crippen LogP contribution in [-0.2, 0) is 0 Å². The molecule has 0 aromatic heterocycles. The van der Waals surface area contributed by atoms with Crippen molar-refractivity contribution in [1.29, 1.82) is 0 Å². The molecule has 0 bridgehead atoms. The van der Waals surface area contributed by atoms with Crippen molar-refractivity contribution in [3.05, 3.63) is 36.0 Å². The Balaban J connectivity index is 2.44. The molecule has 0 aromatic carbocycles. The fourth-order valence-electron chi connectivity index (χ4n) is 1.34. The van der Waals surface area contributed by atoms with Crippen molar-refractivity contribution >= 4 is 0 Å². The Labute approximate surface area is 75.7 Å². The van der Waals surface area contributed by atoms with E-state index in [1.807, 2.05) is 0 Å². The van der Waals surface area contributed by atoms with E-state index >= 15 is 0 Å². The molecule has 0 unspecified atom stereocenters. The first-order valence-corrected chi connectivity index (χ1v) is 4.94. The first kappa shape index (κ1) is 9.31. The molecule has 0 amide bonds. The molecule has 0 aliphatic heterocycles. The lowest BCUT2D eigenvalue weighted by molar-refractivity contribution is 0.795. The van der Waals surface area contributed by atoms with Gasteiger partial charge in [0.1, 0.15) is 0 Å². The van der Waals surface area contributed by atoms with Crippen molar-refractivity contribution in [1.82, 2.24) is 0 Å². The van der Waals surface area contributed by atoms with Gasteiger partial charge in [-0.15, -0.1) is 0 Å². The van der Waals surface area contributed by atoms with Crippen LogP contribution in [0.3, 0.4) is 0 Å². The Morgan fingerprint density at radius 2 is 2.00 bits per heavy atom. The normalized spacial score (nSPS) is 16.9. The third-order valence-electron chi connectivity index (χ3n) is 2.11. The quantitative estimate of drug-likeness (QED) is 0.550. The molecule has 0 saturated carbocycles. The summed E-state index contributed by atoms with van der Waals surface area (Å²) >= 11 is 0.